The molecule has 0 aliphatic carbocycles. The second-order valence-corrected chi connectivity index (χ2v) is 4.82. The standard InChI is InChI=1S/C14H22N2O/c1-5-16(4,6-2)11-14(17)15-13-9-7-12(3)8-10-13/h7-10H,5-6,11H2,1-4H3/p+1. The molecule has 1 aromatic carbocycles. The largest absolute Gasteiger partial charge is 0.321 e. The highest BCUT2D eigenvalue weighted by atomic mass is 16.2. The van der Waals surface area contributed by atoms with E-state index >= 15 is 0 Å². The second kappa shape index (κ2) is 5.82. The lowest BCUT2D eigenvalue weighted by molar-refractivity contribution is -0.898. The van der Waals surface area contributed by atoms with Gasteiger partial charge in [0.05, 0.1) is 20.1 Å². The minimum atomic E-state index is 0.0834. The van der Waals surface area contributed by atoms with Crippen molar-refractivity contribution >= 4 is 11.6 Å². The highest BCUT2D eigenvalue weighted by Gasteiger charge is 2.20. The Kier molecular flexibility index (Phi) is 4.70. The van der Waals surface area contributed by atoms with Crippen molar-refractivity contribution in [2.45, 2.75) is 20.8 Å². The minimum Gasteiger partial charge on any atom is -0.321 e. The summed E-state index contributed by atoms with van der Waals surface area (Å²) in [5.74, 6) is 0.0834. The molecule has 94 valence electrons. The van der Waals surface area contributed by atoms with Crippen LogP contribution in [-0.4, -0.2) is 37.1 Å². The van der Waals surface area contributed by atoms with Crippen molar-refractivity contribution in [1.29, 1.82) is 0 Å². The number of quaternary nitrogens is 1. The van der Waals surface area contributed by atoms with E-state index in [0.29, 0.717) is 6.54 Å². The molecule has 0 aromatic heterocycles. The molecule has 3 heteroatoms. The first kappa shape index (κ1) is 13.7. The van der Waals surface area contributed by atoms with Gasteiger partial charge >= 0.3 is 0 Å². The van der Waals surface area contributed by atoms with Crippen molar-refractivity contribution < 1.29 is 9.28 Å². The van der Waals surface area contributed by atoms with Gasteiger partial charge < -0.3 is 9.80 Å². The Balaban J connectivity index is 2.58. The molecule has 0 saturated heterocycles. The van der Waals surface area contributed by atoms with E-state index in [9.17, 15) is 4.79 Å². The average molecular weight is 235 g/mol. The van der Waals surface area contributed by atoms with E-state index in [0.717, 1.165) is 23.3 Å². The van der Waals surface area contributed by atoms with Crippen molar-refractivity contribution in [3.05, 3.63) is 29.8 Å². The van der Waals surface area contributed by atoms with Crippen molar-refractivity contribution in [2.75, 3.05) is 32.0 Å². The van der Waals surface area contributed by atoms with Crippen LogP contribution in [0.2, 0.25) is 0 Å². The van der Waals surface area contributed by atoms with Gasteiger partial charge in [-0.2, -0.15) is 0 Å². The molecule has 1 rings (SSSR count). The Morgan fingerprint density at radius 1 is 1.18 bits per heavy atom. The summed E-state index contributed by atoms with van der Waals surface area (Å²) in [6.45, 7) is 8.73. The Morgan fingerprint density at radius 2 is 1.71 bits per heavy atom. The number of amides is 1. The van der Waals surface area contributed by atoms with Crippen LogP contribution < -0.4 is 5.32 Å². The molecule has 0 heterocycles. The molecule has 17 heavy (non-hydrogen) atoms. The molecule has 1 N–H and O–H groups in total. The van der Waals surface area contributed by atoms with Crippen LogP contribution in [0.1, 0.15) is 19.4 Å². The van der Waals surface area contributed by atoms with Gasteiger partial charge in [-0.15, -0.1) is 0 Å². The lowest BCUT2D eigenvalue weighted by Gasteiger charge is -2.31. The van der Waals surface area contributed by atoms with E-state index in [2.05, 4.69) is 26.2 Å². The number of nitrogens with zero attached hydrogens (tertiary/aromatic N) is 1. The smallest absolute Gasteiger partial charge is 0.279 e. The van der Waals surface area contributed by atoms with Crippen molar-refractivity contribution in [1.82, 2.24) is 0 Å². The molecule has 0 atom stereocenters. The van der Waals surface area contributed by atoms with Crippen molar-refractivity contribution in [3.63, 3.8) is 0 Å². The summed E-state index contributed by atoms with van der Waals surface area (Å²) in [4.78, 5) is 11.9. The van der Waals surface area contributed by atoms with Crippen LogP contribution in [-0.2, 0) is 4.79 Å². The normalized spacial score (nSPS) is 11.3. The third-order valence-corrected chi connectivity index (χ3v) is 3.39. The van der Waals surface area contributed by atoms with E-state index in [1.807, 2.05) is 31.2 Å². The molecule has 0 unspecified atom stereocenters. The fourth-order valence-electron chi connectivity index (χ4n) is 1.63. The molecule has 1 aromatic rings. The molecule has 0 spiro atoms. The molecule has 0 aliphatic heterocycles. The molecule has 1 amide bonds. The Bertz CT molecular complexity index is 366. The third-order valence-electron chi connectivity index (χ3n) is 3.39. The third kappa shape index (κ3) is 4.19. The topological polar surface area (TPSA) is 29.1 Å². The van der Waals surface area contributed by atoms with Crippen LogP contribution in [0.5, 0.6) is 0 Å². The van der Waals surface area contributed by atoms with E-state index in [-0.39, 0.29) is 5.91 Å². The number of aryl methyl sites for hydroxylation is 1. The SMILES string of the molecule is CC[N+](C)(CC)CC(=O)Nc1ccc(C)cc1. The van der Waals surface area contributed by atoms with Crippen LogP contribution in [0.15, 0.2) is 24.3 Å². The maximum absolute atomic E-state index is 11.9. The molecule has 0 aliphatic rings. The van der Waals surface area contributed by atoms with Gasteiger partial charge in [-0.25, -0.2) is 0 Å². The summed E-state index contributed by atoms with van der Waals surface area (Å²) in [5.41, 5.74) is 2.07. The molecular formula is C14H23N2O+. The van der Waals surface area contributed by atoms with Crippen LogP contribution in [0.3, 0.4) is 0 Å². The number of carbonyl (C=O) groups excluding carboxylic acids is 1. The van der Waals surface area contributed by atoms with Crippen LogP contribution in [0, 0.1) is 6.92 Å². The zero-order chi connectivity index (χ0) is 12.9. The molecule has 0 saturated carbocycles. The first-order valence-corrected chi connectivity index (χ1v) is 6.19. The van der Waals surface area contributed by atoms with Gasteiger partial charge in [0.15, 0.2) is 6.54 Å². The van der Waals surface area contributed by atoms with Crippen LogP contribution in [0.4, 0.5) is 5.69 Å². The number of benzene rings is 1. The lowest BCUT2D eigenvalue weighted by Crippen LogP contribution is -2.48. The number of nitrogens with one attached hydrogen (secondary N) is 1. The summed E-state index contributed by atoms with van der Waals surface area (Å²) in [7, 11) is 2.11. The first-order valence-electron chi connectivity index (χ1n) is 6.19. The highest BCUT2D eigenvalue weighted by molar-refractivity contribution is 5.91. The predicted octanol–water partition coefficient (Wildman–Crippen LogP) is 2.42. The van der Waals surface area contributed by atoms with Crippen molar-refractivity contribution in [2.24, 2.45) is 0 Å². The van der Waals surface area contributed by atoms with Gasteiger partial charge in [-0.1, -0.05) is 17.7 Å². The van der Waals surface area contributed by atoms with Gasteiger partial charge in [-0.05, 0) is 32.9 Å². The maximum atomic E-state index is 11.9. The van der Waals surface area contributed by atoms with E-state index in [1.54, 1.807) is 0 Å². The summed E-state index contributed by atoms with van der Waals surface area (Å²) < 4.78 is 0.775. The minimum absolute atomic E-state index is 0.0834. The summed E-state index contributed by atoms with van der Waals surface area (Å²) in [5, 5.41) is 2.94. The van der Waals surface area contributed by atoms with Gasteiger partial charge in [0.1, 0.15) is 0 Å². The maximum Gasteiger partial charge on any atom is 0.279 e. The number of rotatable bonds is 5. The molecule has 0 fully saturated rings. The van der Waals surface area contributed by atoms with Gasteiger partial charge in [-0.3, -0.25) is 4.79 Å². The quantitative estimate of drug-likeness (QED) is 0.780. The van der Waals surface area contributed by atoms with Gasteiger partial charge in [0.25, 0.3) is 5.91 Å². The molecule has 3 nitrogen and oxygen atoms in total. The Labute approximate surface area is 104 Å². The van der Waals surface area contributed by atoms with E-state index in [1.165, 1.54) is 5.56 Å². The average Bonchev–Trinajstić information content (AvgIpc) is 2.32. The second-order valence-electron chi connectivity index (χ2n) is 4.82. The lowest BCUT2D eigenvalue weighted by atomic mass is 10.2. The van der Waals surface area contributed by atoms with Crippen LogP contribution >= 0.6 is 0 Å². The van der Waals surface area contributed by atoms with Gasteiger partial charge in [0, 0.05) is 5.69 Å². The zero-order valence-electron chi connectivity index (χ0n) is 11.3. The molecular weight excluding hydrogens is 212 g/mol. The summed E-state index contributed by atoms with van der Waals surface area (Å²) in [6, 6.07) is 7.89. The fourth-order valence-corrected chi connectivity index (χ4v) is 1.63. The number of hydrogen-bond donors (Lipinski definition) is 1. The summed E-state index contributed by atoms with van der Waals surface area (Å²) in [6.07, 6.45) is 0. The fraction of sp³-hybridized carbons (Fsp3) is 0.500. The van der Waals surface area contributed by atoms with Crippen LogP contribution in [0.25, 0.3) is 0 Å². The number of hydrogen-bond acceptors (Lipinski definition) is 1. The number of likely N-dealkylation sites (N-methyl/N-ethyl adjacent to an activating group) is 1. The molecule has 0 radical (unpaired) electrons. The Morgan fingerprint density at radius 3 is 2.18 bits per heavy atom. The van der Waals surface area contributed by atoms with Gasteiger partial charge in [0.2, 0.25) is 0 Å². The number of anilines is 1. The first-order chi connectivity index (χ1) is 7.99. The number of carbonyl (C=O) groups is 1. The monoisotopic (exact) mass is 235 g/mol. The Hall–Kier alpha value is -1.35. The predicted molar refractivity (Wildman–Crippen MR) is 71.9 cm³/mol. The zero-order valence-corrected chi connectivity index (χ0v) is 11.3. The highest BCUT2D eigenvalue weighted by Crippen LogP contribution is 2.09. The van der Waals surface area contributed by atoms with Crippen molar-refractivity contribution in [3.8, 4) is 0 Å². The molecule has 0 bridgehead atoms. The van der Waals surface area contributed by atoms with E-state index < -0.39 is 0 Å². The van der Waals surface area contributed by atoms with E-state index in [4.69, 9.17) is 0 Å². The summed E-state index contributed by atoms with van der Waals surface area (Å²) >= 11 is 0.